The summed E-state index contributed by atoms with van der Waals surface area (Å²) in [6.07, 6.45) is 1.79. The van der Waals surface area contributed by atoms with Crippen LogP contribution >= 0.6 is 24.0 Å². The van der Waals surface area contributed by atoms with Crippen LogP contribution in [0.4, 0.5) is 0 Å². The van der Waals surface area contributed by atoms with Gasteiger partial charge in [-0.2, -0.15) is 0 Å². The third-order valence-corrected chi connectivity index (χ3v) is 4.13. The van der Waals surface area contributed by atoms with E-state index in [2.05, 4.69) is 42.1 Å². The number of nitrogens with zero attached hydrogens (tertiary/aromatic N) is 3. The highest BCUT2D eigenvalue weighted by molar-refractivity contribution is 14.0. The fraction of sp³-hybridized carbons (Fsp3) is 0.400. The number of hydrogen-bond acceptors (Lipinski definition) is 4. The van der Waals surface area contributed by atoms with E-state index in [4.69, 9.17) is 8.83 Å². The zero-order valence-corrected chi connectivity index (χ0v) is 18.8. The summed E-state index contributed by atoms with van der Waals surface area (Å²) >= 11 is 0. The number of benzene rings is 1. The number of fused-ring (bicyclic) bond motifs is 1. The second-order valence-corrected chi connectivity index (χ2v) is 7.38. The first kappa shape index (κ1) is 21.3. The van der Waals surface area contributed by atoms with Crippen molar-refractivity contribution < 1.29 is 8.83 Å². The number of halogens is 1. The normalized spacial score (nSPS) is 12.1. The molecule has 0 saturated heterocycles. The molecule has 1 N–H and O–H groups in total. The van der Waals surface area contributed by atoms with Gasteiger partial charge in [-0.3, -0.25) is 4.99 Å². The van der Waals surface area contributed by atoms with Crippen molar-refractivity contribution in [3.63, 3.8) is 0 Å². The van der Waals surface area contributed by atoms with Crippen molar-refractivity contribution in [2.45, 2.75) is 39.3 Å². The summed E-state index contributed by atoms with van der Waals surface area (Å²) in [4.78, 5) is 10.7. The lowest BCUT2D eigenvalue weighted by molar-refractivity contribution is 0.373. The maximum absolute atomic E-state index is 5.88. The maximum Gasteiger partial charge on any atom is 0.213 e. The van der Waals surface area contributed by atoms with Gasteiger partial charge in [0.2, 0.25) is 5.89 Å². The molecule has 2 aromatic heterocycles. The molecule has 146 valence electrons. The van der Waals surface area contributed by atoms with E-state index in [1.54, 1.807) is 13.2 Å². The first-order chi connectivity index (χ1) is 12.4. The van der Waals surface area contributed by atoms with Crippen molar-refractivity contribution in [3.8, 4) is 0 Å². The van der Waals surface area contributed by atoms with E-state index in [1.807, 2.05) is 36.2 Å². The van der Waals surface area contributed by atoms with E-state index in [-0.39, 0.29) is 29.4 Å². The zero-order chi connectivity index (χ0) is 18.7. The smallest absolute Gasteiger partial charge is 0.213 e. The summed E-state index contributed by atoms with van der Waals surface area (Å²) in [5, 5.41) is 4.39. The molecule has 0 fully saturated rings. The summed E-state index contributed by atoms with van der Waals surface area (Å²) < 4.78 is 11.7. The van der Waals surface area contributed by atoms with Gasteiger partial charge in [0, 0.05) is 24.9 Å². The van der Waals surface area contributed by atoms with E-state index in [0.29, 0.717) is 19.0 Å². The Bertz CT molecular complexity index is 875. The molecule has 6 nitrogen and oxygen atoms in total. The Morgan fingerprint density at radius 3 is 2.59 bits per heavy atom. The molecule has 0 aliphatic heterocycles. The van der Waals surface area contributed by atoms with Crippen LogP contribution in [0.1, 0.15) is 38.2 Å². The number of para-hydroxylation sites is 1. The van der Waals surface area contributed by atoms with Gasteiger partial charge < -0.3 is 19.1 Å². The molecule has 0 spiro atoms. The lowest BCUT2D eigenvalue weighted by Crippen LogP contribution is -2.38. The molecule has 0 radical (unpaired) electrons. The van der Waals surface area contributed by atoms with Crippen molar-refractivity contribution in [2.75, 3.05) is 14.1 Å². The molecule has 3 aromatic rings. The van der Waals surface area contributed by atoms with Gasteiger partial charge in [0.15, 0.2) is 5.96 Å². The van der Waals surface area contributed by atoms with Crippen molar-refractivity contribution >= 4 is 40.9 Å². The molecule has 0 aliphatic rings. The third-order valence-electron chi connectivity index (χ3n) is 4.13. The molecular weight excluding hydrogens is 455 g/mol. The number of guanidine groups is 1. The van der Waals surface area contributed by atoms with Crippen molar-refractivity contribution in [2.24, 2.45) is 4.99 Å². The monoisotopic (exact) mass is 482 g/mol. The van der Waals surface area contributed by atoms with Crippen LogP contribution in [-0.2, 0) is 18.5 Å². The first-order valence-corrected chi connectivity index (χ1v) is 8.71. The quantitative estimate of drug-likeness (QED) is 0.336. The average Bonchev–Trinajstić information content (AvgIpc) is 3.21. The van der Waals surface area contributed by atoms with Crippen LogP contribution in [0.2, 0.25) is 0 Å². The Hall–Kier alpha value is -2.03. The van der Waals surface area contributed by atoms with Crippen molar-refractivity contribution in [3.05, 3.63) is 53.9 Å². The molecule has 0 amide bonds. The fourth-order valence-electron chi connectivity index (χ4n) is 2.70. The van der Waals surface area contributed by atoms with Gasteiger partial charge in [-0.1, -0.05) is 39.0 Å². The Morgan fingerprint density at radius 1 is 1.22 bits per heavy atom. The molecular formula is C20H27IN4O2. The predicted molar refractivity (Wildman–Crippen MR) is 118 cm³/mol. The average molecular weight is 482 g/mol. The lowest BCUT2D eigenvalue weighted by Gasteiger charge is -2.20. The summed E-state index contributed by atoms with van der Waals surface area (Å²) in [7, 11) is 3.73. The molecule has 2 heterocycles. The maximum atomic E-state index is 5.88. The molecule has 0 unspecified atom stereocenters. The van der Waals surface area contributed by atoms with Crippen LogP contribution in [0.3, 0.4) is 0 Å². The molecule has 1 aromatic carbocycles. The van der Waals surface area contributed by atoms with Crippen LogP contribution in [-0.4, -0.2) is 29.9 Å². The molecule has 0 saturated carbocycles. The lowest BCUT2D eigenvalue weighted by atomic mass is 9.94. The van der Waals surface area contributed by atoms with Gasteiger partial charge in [-0.15, -0.1) is 24.0 Å². The number of aromatic nitrogens is 1. The Balaban J connectivity index is 0.00000261. The predicted octanol–water partition coefficient (Wildman–Crippen LogP) is 4.54. The highest BCUT2D eigenvalue weighted by Gasteiger charge is 2.19. The highest BCUT2D eigenvalue weighted by Crippen LogP contribution is 2.22. The number of nitrogens with one attached hydrogen (secondary N) is 1. The minimum Gasteiger partial charge on any atom is -0.459 e. The minimum atomic E-state index is -0.0506. The van der Waals surface area contributed by atoms with Gasteiger partial charge in [-0.25, -0.2) is 4.98 Å². The minimum absolute atomic E-state index is 0. The summed E-state index contributed by atoms with van der Waals surface area (Å²) in [5.74, 6) is 3.16. The topological polar surface area (TPSA) is 66.8 Å². The molecule has 27 heavy (non-hydrogen) atoms. The molecule has 0 atom stereocenters. The first-order valence-electron chi connectivity index (χ1n) is 8.71. The summed E-state index contributed by atoms with van der Waals surface area (Å²) in [5.41, 5.74) is 0.846. The summed E-state index contributed by atoms with van der Waals surface area (Å²) in [6.45, 7) is 7.40. The Kier molecular flexibility index (Phi) is 6.91. The number of rotatable bonds is 4. The fourth-order valence-corrected chi connectivity index (χ4v) is 2.70. The molecule has 0 bridgehead atoms. The van der Waals surface area contributed by atoms with Gasteiger partial charge in [0.25, 0.3) is 0 Å². The highest BCUT2D eigenvalue weighted by atomic mass is 127. The van der Waals surface area contributed by atoms with E-state index in [0.717, 1.165) is 28.4 Å². The van der Waals surface area contributed by atoms with Crippen molar-refractivity contribution in [1.29, 1.82) is 0 Å². The Labute approximate surface area is 177 Å². The zero-order valence-electron chi connectivity index (χ0n) is 16.4. The Morgan fingerprint density at radius 2 is 1.96 bits per heavy atom. The SMILES string of the molecule is CN=C(NCc1ncc(C(C)(C)C)o1)N(C)Cc1cc2ccccc2o1.I. The standard InChI is InChI=1S/C20H26N4O2.HI/c1-20(2,3)17-11-22-18(26-17)12-23-19(21-4)24(5)13-15-10-14-8-6-7-9-16(14)25-15;/h6-11H,12-13H2,1-5H3,(H,21,23);1H. The van der Waals surface area contributed by atoms with E-state index < -0.39 is 0 Å². The van der Waals surface area contributed by atoms with Crippen molar-refractivity contribution in [1.82, 2.24) is 15.2 Å². The van der Waals surface area contributed by atoms with Gasteiger partial charge in [0.1, 0.15) is 17.1 Å². The van der Waals surface area contributed by atoms with Crippen LogP contribution in [0, 0.1) is 0 Å². The van der Waals surface area contributed by atoms with E-state index >= 15 is 0 Å². The second kappa shape index (κ2) is 8.77. The molecule has 0 aliphatic carbocycles. The number of hydrogen-bond donors (Lipinski definition) is 1. The van der Waals surface area contributed by atoms with Gasteiger partial charge in [0.05, 0.1) is 19.3 Å². The summed E-state index contributed by atoms with van der Waals surface area (Å²) in [6, 6.07) is 10.1. The second-order valence-electron chi connectivity index (χ2n) is 7.38. The van der Waals surface area contributed by atoms with Crippen LogP contribution in [0.15, 0.2) is 50.4 Å². The van der Waals surface area contributed by atoms with Gasteiger partial charge in [-0.05, 0) is 12.1 Å². The van der Waals surface area contributed by atoms with Crippen LogP contribution < -0.4 is 5.32 Å². The number of aliphatic imine (C=N–C) groups is 1. The third kappa shape index (κ3) is 5.24. The van der Waals surface area contributed by atoms with Gasteiger partial charge >= 0.3 is 0 Å². The van der Waals surface area contributed by atoms with E-state index in [9.17, 15) is 0 Å². The van der Waals surface area contributed by atoms with E-state index in [1.165, 1.54) is 0 Å². The molecule has 7 heteroatoms. The largest absolute Gasteiger partial charge is 0.459 e. The molecule has 3 rings (SSSR count). The number of furan rings is 1. The van der Waals surface area contributed by atoms with Crippen LogP contribution in [0.25, 0.3) is 11.0 Å². The number of oxazole rings is 1. The van der Waals surface area contributed by atoms with Crippen LogP contribution in [0.5, 0.6) is 0 Å².